The van der Waals surface area contributed by atoms with Crippen molar-refractivity contribution in [3.63, 3.8) is 0 Å². The van der Waals surface area contributed by atoms with Crippen LogP contribution in [-0.2, 0) is 11.2 Å². The van der Waals surface area contributed by atoms with E-state index in [9.17, 15) is 9.59 Å². The molecule has 2 N–H and O–H groups in total. The van der Waals surface area contributed by atoms with E-state index in [4.69, 9.17) is 5.26 Å². The van der Waals surface area contributed by atoms with Gasteiger partial charge in [-0.1, -0.05) is 0 Å². The summed E-state index contributed by atoms with van der Waals surface area (Å²) < 4.78 is 0. The van der Waals surface area contributed by atoms with Gasteiger partial charge < -0.3 is 10.3 Å². The lowest BCUT2D eigenvalue weighted by molar-refractivity contribution is -0.120. The van der Waals surface area contributed by atoms with Gasteiger partial charge in [-0.3, -0.25) is 14.6 Å². The van der Waals surface area contributed by atoms with Crippen molar-refractivity contribution in [3.05, 3.63) is 46.1 Å². The van der Waals surface area contributed by atoms with Crippen molar-refractivity contribution in [3.8, 4) is 17.5 Å². The Morgan fingerprint density at radius 1 is 1.52 bits per heavy atom. The number of aromatic amines is 1. The number of pyridine rings is 1. The number of carbonyl (C=O) groups is 1. The van der Waals surface area contributed by atoms with Gasteiger partial charge in [0.2, 0.25) is 5.91 Å². The van der Waals surface area contributed by atoms with Gasteiger partial charge in [-0.25, -0.2) is 4.98 Å². The number of amides is 1. The number of aromatic nitrogens is 3. The van der Waals surface area contributed by atoms with Crippen LogP contribution >= 0.6 is 0 Å². The van der Waals surface area contributed by atoms with Crippen molar-refractivity contribution >= 4 is 5.91 Å². The summed E-state index contributed by atoms with van der Waals surface area (Å²) in [6.45, 7) is 1.58. The number of aryl methyl sites for hydroxylation is 1. The molecule has 0 unspecified atom stereocenters. The van der Waals surface area contributed by atoms with Gasteiger partial charge >= 0.3 is 0 Å². The minimum absolute atomic E-state index is 0.0863. The predicted octanol–water partition coefficient (Wildman–Crippen LogP) is 0.323. The molecule has 1 amide bonds. The molecule has 0 aliphatic rings. The Kier molecular flexibility index (Phi) is 4.41. The maximum atomic E-state index is 12.1. The number of nitrogens with zero attached hydrogens (tertiary/aromatic N) is 3. The number of nitrogens with one attached hydrogen (secondary N) is 2. The molecule has 21 heavy (non-hydrogen) atoms. The number of carbonyl (C=O) groups excluding carboxylic acids is 1. The van der Waals surface area contributed by atoms with Crippen molar-refractivity contribution in [1.82, 2.24) is 20.3 Å². The van der Waals surface area contributed by atoms with Crippen LogP contribution in [-0.4, -0.2) is 27.4 Å². The summed E-state index contributed by atoms with van der Waals surface area (Å²) in [4.78, 5) is 34.6. The number of H-pyrrole nitrogens is 1. The molecule has 0 spiro atoms. The second-order valence-electron chi connectivity index (χ2n) is 4.33. The maximum absolute atomic E-state index is 12.1. The van der Waals surface area contributed by atoms with Crippen LogP contribution in [0.25, 0.3) is 11.4 Å². The highest BCUT2D eigenvalue weighted by molar-refractivity contribution is 5.78. The minimum atomic E-state index is -0.388. The third-order valence-corrected chi connectivity index (χ3v) is 2.86. The molecule has 2 heterocycles. The van der Waals surface area contributed by atoms with Crippen LogP contribution in [0.4, 0.5) is 0 Å². The summed E-state index contributed by atoms with van der Waals surface area (Å²) in [5.41, 5.74) is 1.09. The SMILES string of the molecule is Cc1nc(-c2cccnc2)[nH]c(=O)c1CC(=O)NCC#N. The minimum Gasteiger partial charge on any atom is -0.343 e. The normalized spacial score (nSPS) is 9.90. The van der Waals surface area contributed by atoms with Crippen molar-refractivity contribution in [2.75, 3.05) is 6.54 Å². The number of hydrogen-bond acceptors (Lipinski definition) is 5. The molecule has 2 aromatic rings. The van der Waals surface area contributed by atoms with E-state index in [1.807, 2.05) is 0 Å². The first-order valence-electron chi connectivity index (χ1n) is 6.25. The highest BCUT2D eigenvalue weighted by atomic mass is 16.2. The number of hydrogen-bond donors (Lipinski definition) is 2. The van der Waals surface area contributed by atoms with Gasteiger partial charge in [-0.05, 0) is 19.1 Å². The average molecular weight is 283 g/mol. The molecule has 0 radical (unpaired) electrons. The Morgan fingerprint density at radius 2 is 2.33 bits per heavy atom. The molecule has 0 aromatic carbocycles. The van der Waals surface area contributed by atoms with Crippen LogP contribution in [0.15, 0.2) is 29.3 Å². The van der Waals surface area contributed by atoms with Gasteiger partial charge in [0.1, 0.15) is 12.4 Å². The molecule has 0 saturated carbocycles. The maximum Gasteiger partial charge on any atom is 0.255 e. The van der Waals surface area contributed by atoms with Crippen LogP contribution < -0.4 is 10.9 Å². The average Bonchev–Trinajstić information content (AvgIpc) is 2.49. The molecule has 0 bridgehead atoms. The molecule has 2 rings (SSSR count). The fourth-order valence-electron chi connectivity index (χ4n) is 1.82. The Balaban J connectivity index is 2.29. The molecule has 0 aliphatic heterocycles. The van der Waals surface area contributed by atoms with Gasteiger partial charge in [0, 0.05) is 29.2 Å². The molecule has 0 saturated heterocycles. The first-order chi connectivity index (χ1) is 10.1. The topological polar surface area (TPSA) is 112 Å². The van der Waals surface area contributed by atoms with E-state index in [1.165, 1.54) is 0 Å². The van der Waals surface area contributed by atoms with Crippen LogP contribution in [0.1, 0.15) is 11.3 Å². The molecular weight excluding hydrogens is 270 g/mol. The Bertz CT molecular complexity index is 746. The standard InChI is InChI=1S/C14H13N5O2/c1-9-11(7-12(20)17-6-4-15)14(21)19-13(18-9)10-3-2-5-16-8-10/h2-3,5,8H,6-7H2,1H3,(H,17,20)(H,18,19,21). The summed E-state index contributed by atoms with van der Waals surface area (Å²) in [6, 6.07) is 5.33. The second-order valence-corrected chi connectivity index (χ2v) is 4.33. The van der Waals surface area contributed by atoms with Crippen LogP contribution in [0.2, 0.25) is 0 Å². The molecule has 7 heteroatoms. The van der Waals surface area contributed by atoms with Gasteiger partial charge in [-0.2, -0.15) is 5.26 Å². The fourth-order valence-corrected chi connectivity index (χ4v) is 1.82. The van der Waals surface area contributed by atoms with E-state index >= 15 is 0 Å². The zero-order valence-corrected chi connectivity index (χ0v) is 11.4. The van der Waals surface area contributed by atoms with Gasteiger partial charge in [0.15, 0.2) is 0 Å². The Morgan fingerprint density at radius 3 is 2.95 bits per heavy atom. The summed E-state index contributed by atoms with van der Waals surface area (Å²) >= 11 is 0. The molecule has 106 valence electrons. The summed E-state index contributed by atoms with van der Waals surface area (Å²) in [7, 11) is 0. The van der Waals surface area contributed by atoms with E-state index in [2.05, 4.69) is 20.3 Å². The van der Waals surface area contributed by atoms with Crippen molar-refractivity contribution < 1.29 is 4.79 Å². The summed E-state index contributed by atoms with van der Waals surface area (Å²) in [5.74, 6) is 0.0212. The van der Waals surface area contributed by atoms with E-state index in [0.717, 1.165) is 0 Å². The Hall–Kier alpha value is -3.01. The van der Waals surface area contributed by atoms with E-state index in [-0.39, 0.29) is 30.0 Å². The van der Waals surface area contributed by atoms with E-state index in [1.54, 1.807) is 37.5 Å². The largest absolute Gasteiger partial charge is 0.343 e. The van der Waals surface area contributed by atoms with Crippen LogP contribution in [0, 0.1) is 18.3 Å². The van der Waals surface area contributed by atoms with Gasteiger partial charge in [0.25, 0.3) is 5.56 Å². The van der Waals surface area contributed by atoms with E-state index < -0.39 is 0 Å². The first-order valence-corrected chi connectivity index (χ1v) is 6.25. The lowest BCUT2D eigenvalue weighted by atomic mass is 10.1. The zero-order valence-electron chi connectivity index (χ0n) is 11.4. The third kappa shape index (κ3) is 3.51. The first kappa shape index (κ1) is 14.4. The van der Waals surface area contributed by atoms with Crippen LogP contribution in [0.3, 0.4) is 0 Å². The number of rotatable bonds is 4. The number of nitriles is 1. The van der Waals surface area contributed by atoms with Gasteiger partial charge in [-0.15, -0.1) is 0 Å². The van der Waals surface area contributed by atoms with Crippen molar-refractivity contribution in [2.45, 2.75) is 13.3 Å². The monoisotopic (exact) mass is 283 g/mol. The van der Waals surface area contributed by atoms with Gasteiger partial charge in [0.05, 0.1) is 12.5 Å². The third-order valence-electron chi connectivity index (χ3n) is 2.86. The Labute approximate surface area is 120 Å². The highest BCUT2D eigenvalue weighted by Crippen LogP contribution is 2.12. The summed E-state index contributed by atoms with van der Waals surface area (Å²) in [6.07, 6.45) is 3.11. The second kappa shape index (κ2) is 6.43. The molecule has 2 aromatic heterocycles. The van der Waals surface area contributed by atoms with Crippen molar-refractivity contribution in [2.24, 2.45) is 0 Å². The molecular formula is C14H13N5O2. The van der Waals surface area contributed by atoms with E-state index in [0.29, 0.717) is 17.1 Å². The van der Waals surface area contributed by atoms with Crippen molar-refractivity contribution in [1.29, 1.82) is 5.26 Å². The molecule has 0 atom stereocenters. The fraction of sp³-hybridized carbons (Fsp3) is 0.214. The molecule has 0 aliphatic carbocycles. The molecule has 0 fully saturated rings. The summed E-state index contributed by atoms with van der Waals surface area (Å²) in [5, 5.41) is 10.8. The quantitative estimate of drug-likeness (QED) is 0.785. The molecule has 7 nitrogen and oxygen atoms in total. The van der Waals surface area contributed by atoms with Crippen LogP contribution in [0.5, 0.6) is 0 Å². The highest BCUT2D eigenvalue weighted by Gasteiger charge is 2.13. The predicted molar refractivity (Wildman–Crippen MR) is 75.2 cm³/mol. The zero-order chi connectivity index (χ0) is 15.2. The smallest absolute Gasteiger partial charge is 0.255 e. The lowest BCUT2D eigenvalue weighted by Crippen LogP contribution is -2.29. The lowest BCUT2D eigenvalue weighted by Gasteiger charge is -2.07.